The maximum atomic E-state index is 3.29. The summed E-state index contributed by atoms with van der Waals surface area (Å²) in [4.78, 5) is 0. The highest BCUT2D eigenvalue weighted by atomic mass is 14.1. The lowest BCUT2D eigenvalue weighted by Crippen LogP contribution is -2.00. The summed E-state index contributed by atoms with van der Waals surface area (Å²) in [5.41, 5.74) is 4.34. The molecule has 1 unspecified atom stereocenters. The molecular weight excluding hydrogens is 156 g/mol. The molecule has 0 heterocycles. The van der Waals surface area contributed by atoms with Gasteiger partial charge in [0.15, 0.2) is 0 Å². The van der Waals surface area contributed by atoms with E-state index in [4.69, 9.17) is 0 Å². The molecule has 0 saturated heterocycles. The fourth-order valence-corrected chi connectivity index (χ4v) is 1.87. The standard InChI is InChI=1S/C13H19/c1-5-10(3)13-11(4)8-7-9-12(13)6-2/h7,9-10H,5-6H2,1-4H3. The Labute approximate surface area is 82.0 Å². The van der Waals surface area contributed by atoms with E-state index in [0.29, 0.717) is 5.92 Å². The van der Waals surface area contributed by atoms with E-state index in [-0.39, 0.29) is 0 Å². The van der Waals surface area contributed by atoms with Crippen LogP contribution >= 0.6 is 0 Å². The van der Waals surface area contributed by atoms with Gasteiger partial charge in [-0.05, 0) is 48.4 Å². The van der Waals surface area contributed by atoms with Crippen LogP contribution < -0.4 is 0 Å². The Bertz CT molecular complexity index is 273. The fraction of sp³-hybridized carbons (Fsp3) is 0.538. The second-order valence-corrected chi connectivity index (χ2v) is 3.70. The Kier molecular flexibility index (Phi) is 3.53. The van der Waals surface area contributed by atoms with Crippen molar-refractivity contribution in [3.05, 3.63) is 34.9 Å². The third kappa shape index (κ3) is 2.12. The first-order valence-corrected chi connectivity index (χ1v) is 5.20. The van der Waals surface area contributed by atoms with Crippen LogP contribution in [-0.4, -0.2) is 0 Å². The molecule has 0 aromatic heterocycles. The van der Waals surface area contributed by atoms with Gasteiger partial charge in [0, 0.05) is 0 Å². The Balaban J connectivity index is 3.14. The van der Waals surface area contributed by atoms with Crippen LogP contribution in [0.4, 0.5) is 0 Å². The smallest absolute Gasteiger partial charge is 0.0149 e. The SMILES string of the molecule is CCc1cc[c]c(C)c1C(C)CC. The highest BCUT2D eigenvalue weighted by molar-refractivity contribution is 5.36. The Morgan fingerprint density at radius 3 is 2.62 bits per heavy atom. The van der Waals surface area contributed by atoms with Crippen LogP contribution in [-0.2, 0) is 6.42 Å². The summed E-state index contributed by atoms with van der Waals surface area (Å²) in [7, 11) is 0. The molecule has 1 aromatic carbocycles. The fourth-order valence-electron chi connectivity index (χ4n) is 1.87. The first-order chi connectivity index (χ1) is 6.20. The molecule has 0 aliphatic rings. The molecule has 1 aromatic rings. The summed E-state index contributed by atoms with van der Waals surface area (Å²) in [6.45, 7) is 8.94. The van der Waals surface area contributed by atoms with Crippen molar-refractivity contribution in [3.8, 4) is 0 Å². The van der Waals surface area contributed by atoms with E-state index in [9.17, 15) is 0 Å². The van der Waals surface area contributed by atoms with Gasteiger partial charge in [0.25, 0.3) is 0 Å². The number of hydrogen-bond acceptors (Lipinski definition) is 0. The minimum Gasteiger partial charge on any atom is -0.0648 e. The van der Waals surface area contributed by atoms with Crippen LogP contribution in [0.1, 0.15) is 49.8 Å². The number of aryl methyl sites for hydroxylation is 2. The van der Waals surface area contributed by atoms with Crippen LogP contribution in [0.3, 0.4) is 0 Å². The van der Waals surface area contributed by atoms with E-state index in [1.54, 1.807) is 0 Å². The van der Waals surface area contributed by atoms with Gasteiger partial charge in [0.2, 0.25) is 0 Å². The van der Waals surface area contributed by atoms with Gasteiger partial charge < -0.3 is 0 Å². The highest BCUT2D eigenvalue weighted by Crippen LogP contribution is 2.26. The lowest BCUT2D eigenvalue weighted by atomic mass is 9.89. The average Bonchev–Trinajstić information content (AvgIpc) is 2.16. The monoisotopic (exact) mass is 175 g/mol. The maximum absolute atomic E-state index is 3.29. The topological polar surface area (TPSA) is 0 Å². The molecule has 71 valence electrons. The summed E-state index contributed by atoms with van der Waals surface area (Å²) in [6, 6.07) is 7.53. The van der Waals surface area contributed by atoms with Crippen molar-refractivity contribution in [2.24, 2.45) is 0 Å². The zero-order valence-corrected chi connectivity index (χ0v) is 9.15. The van der Waals surface area contributed by atoms with Gasteiger partial charge in [-0.15, -0.1) is 0 Å². The lowest BCUT2D eigenvalue weighted by molar-refractivity contribution is 0.717. The molecule has 0 nitrogen and oxygen atoms in total. The number of hydrogen-bond donors (Lipinski definition) is 0. The minimum atomic E-state index is 0.674. The molecule has 0 saturated carbocycles. The van der Waals surface area contributed by atoms with Crippen LogP contribution in [0.2, 0.25) is 0 Å². The summed E-state index contributed by atoms with van der Waals surface area (Å²) >= 11 is 0. The highest BCUT2D eigenvalue weighted by Gasteiger charge is 2.09. The quantitative estimate of drug-likeness (QED) is 0.654. The first kappa shape index (κ1) is 10.3. The van der Waals surface area contributed by atoms with Gasteiger partial charge in [-0.1, -0.05) is 32.9 Å². The van der Waals surface area contributed by atoms with Crippen molar-refractivity contribution in [1.82, 2.24) is 0 Å². The predicted molar refractivity (Wildman–Crippen MR) is 58.1 cm³/mol. The van der Waals surface area contributed by atoms with Gasteiger partial charge >= 0.3 is 0 Å². The van der Waals surface area contributed by atoms with Gasteiger partial charge in [0.1, 0.15) is 0 Å². The van der Waals surface area contributed by atoms with Crippen molar-refractivity contribution in [3.63, 3.8) is 0 Å². The molecule has 0 aliphatic heterocycles. The minimum absolute atomic E-state index is 0.674. The normalized spacial score (nSPS) is 12.9. The zero-order valence-electron chi connectivity index (χ0n) is 9.15. The van der Waals surface area contributed by atoms with E-state index in [2.05, 4.69) is 39.8 Å². The summed E-state index contributed by atoms with van der Waals surface area (Å²) in [6.07, 6.45) is 2.35. The van der Waals surface area contributed by atoms with E-state index in [1.165, 1.54) is 23.1 Å². The van der Waals surface area contributed by atoms with E-state index >= 15 is 0 Å². The average molecular weight is 175 g/mol. The van der Waals surface area contributed by atoms with Gasteiger partial charge in [-0.2, -0.15) is 0 Å². The van der Waals surface area contributed by atoms with Crippen molar-refractivity contribution in [2.75, 3.05) is 0 Å². The second-order valence-electron chi connectivity index (χ2n) is 3.70. The number of benzene rings is 1. The number of rotatable bonds is 3. The van der Waals surface area contributed by atoms with Crippen LogP contribution in [0.25, 0.3) is 0 Å². The van der Waals surface area contributed by atoms with Gasteiger partial charge in [0.05, 0.1) is 0 Å². The molecular formula is C13H19. The lowest BCUT2D eigenvalue weighted by Gasteiger charge is -2.16. The van der Waals surface area contributed by atoms with Crippen molar-refractivity contribution in [2.45, 2.75) is 46.5 Å². The van der Waals surface area contributed by atoms with Crippen molar-refractivity contribution in [1.29, 1.82) is 0 Å². The zero-order chi connectivity index (χ0) is 9.84. The van der Waals surface area contributed by atoms with Gasteiger partial charge in [-0.25, -0.2) is 0 Å². The third-order valence-corrected chi connectivity index (χ3v) is 2.82. The maximum Gasteiger partial charge on any atom is -0.0149 e. The third-order valence-electron chi connectivity index (χ3n) is 2.82. The molecule has 0 aliphatic carbocycles. The molecule has 0 fully saturated rings. The molecule has 0 N–H and O–H groups in total. The van der Waals surface area contributed by atoms with Crippen LogP contribution in [0.15, 0.2) is 12.1 Å². The molecule has 1 rings (SSSR count). The largest absolute Gasteiger partial charge is 0.0648 e. The Hall–Kier alpha value is -0.780. The molecule has 0 spiro atoms. The van der Waals surface area contributed by atoms with Crippen LogP contribution in [0, 0.1) is 13.0 Å². The summed E-state index contributed by atoms with van der Waals surface area (Å²) < 4.78 is 0. The summed E-state index contributed by atoms with van der Waals surface area (Å²) in [5, 5.41) is 0. The molecule has 0 bridgehead atoms. The van der Waals surface area contributed by atoms with Crippen molar-refractivity contribution < 1.29 is 0 Å². The van der Waals surface area contributed by atoms with E-state index < -0.39 is 0 Å². The molecule has 1 radical (unpaired) electrons. The van der Waals surface area contributed by atoms with E-state index in [0.717, 1.165) is 6.42 Å². The van der Waals surface area contributed by atoms with Crippen LogP contribution in [0.5, 0.6) is 0 Å². The molecule has 1 atom stereocenters. The Morgan fingerprint density at radius 1 is 1.38 bits per heavy atom. The summed E-state index contributed by atoms with van der Waals surface area (Å²) in [5.74, 6) is 0.674. The van der Waals surface area contributed by atoms with Gasteiger partial charge in [-0.3, -0.25) is 0 Å². The molecule has 13 heavy (non-hydrogen) atoms. The molecule has 0 amide bonds. The second kappa shape index (κ2) is 4.45. The Morgan fingerprint density at radius 2 is 2.08 bits per heavy atom. The molecule has 0 heteroatoms. The van der Waals surface area contributed by atoms with E-state index in [1.807, 2.05) is 6.07 Å². The first-order valence-electron chi connectivity index (χ1n) is 5.20. The van der Waals surface area contributed by atoms with Crippen molar-refractivity contribution >= 4 is 0 Å². The predicted octanol–water partition coefficient (Wildman–Crippen LogP) is 3.87.